The van der Waals surface area contributed by atoms with Crippen molar-refractivity contribution in [2.24, 2.45) is 0 Å². The van der Waals surface area contributed by atoms with Gasteiger partial charge in [-0.1, -0.05) is 0 Å². The Labute approximate surface area is 73.8 Å². The summed E-state index contributed by atoms with van der Waals surface area (Å²) < 4.78 is 4.91. The highest BCUT2D eigenvalue weighted by Gasteiger charge is 2.01. The molecule has 5 heteroatoms. The van der Waals surface area contributed by atoms with Crippen molar-refractivity contribution < 1.29 is 9.21 Å². The number of aromatic nitrogens is 2. The van der Waals surface area contributed by atoms with E-state index in [1.807, 2.05) is 0 Å². The summed E-state index contributed by atoms with van der Waals surface area (Å²) in [5.41, 5.74) is 0.679. The maximum Gasteiger partial charge on any atom is 0.230 e. The first-order valence-corrected chi connectivity index (χ1v) is 3.72. The van der Waals surface area contributed by atoms with Crippen LogP contribution in [0.1, 0.15) is 6.92 Å². The van der Waals surface area contributed by atoms with E-state index in [1.165, 1.54) is 13.2 Å². The number of furan rings is 1. The van der Waals surface area contributed by atoms with Crippen molar-refractivity contribution >= 4 is 22.8 Å². The fourth-order valence-corrected chi connectivity index (χ4v) is 0.979. The fourth-order valence-electron chi connectivity index (χ4n) is 0.979. The van der Waals surface area contributed by atoms with Crippen molar-refractivity contribution in [1.82, 2.24) is 9.97 Å². The van der Waals surface area contributed by atoms with Crippen molar-refractivity contribution in [2.45, 2.75) is 6.92 Å². The molecule has 0 spiro atoms. The molecule has 0 saturated heterocycles. The molecule has 5 nitrogen and oxygen atoms in total. The topological polar surface area (TPSA) is 68.0 Å². The third-order valence-electron chi connectivity index (χ3n) is 1.51. The van der Waals surface area contributed by atoms with Gasteiger partial charge in [-0.3, -0.25) is 10.1 Å². The first kappa shape index (κ1) is 7.72. The second-order valence-electron chi connectivity index (χ2n) is 2.59. The maximum absolute atomic E-state index is 10.7. The van der Waals surface area contributed by atoms with Crippen LogP contribution < -0.4 is 5.32 Å². The van der Waals surface area contributed by atoms with Gasteiger partial charge < -0.3 is 4.42 Å². The van der Waals surface area contributed by atoms with Crippen LogP contribution in [0.25, 0.3) is 10.9 Å². The highest BCUT2D eigenvalue weighted by atomic mass is 16.3. The zero-order valence-electron chi connectivity index (χ0n) is 6.94. The molecule has 0 aliphatic heterocycles. The first-order chi connectivity index (χ1) is 6.25. The predicted octanol–water partition coefficient (Wildman–Crippen LogP) is 1.18. The van der Waals surface area contributed by atoms with Crippen molar-refractivity contribution in [2.75, 3.05) is 5.32 Å². The van der Waals surface area contributed by atoms with Crippen LogP contribution in [-0.2, 0) is 4.79 Å². The first-order valence-electron chi connectivity index (χ1n) is 3.72. The Kier molecular flexibility index (Phi) is 1.70. The Morgan fingerprint density at radius 3 is 3.15 bits per heavy atom. The van der Waals surface area contributed by atoms with Crippen LogP contribution in [0.2, 0.25) is 0 Å². The Balaban J connectivity index is 2.42. The van der Waals surface area contributed by atoms with Gasteiger partial charge in [0, 0.05) is 13.1 Å². The van der Waals surface area contributed by atoms with Crippen LogP contribution in [0.4, 0.5) is 5.95 Å². The van der Waals surface area contributed by atoms with Gasteiger partial charge >= 0.3 is 0 Å². The van der Waals surface area contributed by atoms with Gasteiger partial charge in [0.2, 0.25) is 11.9 Å². The summed E-state index contributed by atoms with van der Waals surface area (Å²) in [6.07, 6.45) is 4.65. The van der Waals surface area contributed by atoms with E-state index < -0.39 is 0 Å². The molecule has 2 aromatic heterocycles. The highest BCUT2D eigenvalue weighted by Crippen LogP contribution is 2.12. The van der Waals surface area contributed by atoms with E-state index in [9.17, 15) is 4.79 Å². The average Bonchev–Trinajstić information content (AvgIpc) is 2.49. The van der Waals surface area contributed by atoms with Gasteiger partial charge in [-0.2, -0.15) is 0 Å². The summed E-state index contributed by atoms with van der Waals surface area (Å²) >= 11 is 0. The van der Waals surface area contributed by atoms with Crippen molar-refractivity contribution in [3.05, 3.63) is 18.7 Å². The molecule has 0 unspecified atom stereocenters. The highest BCUT2D eigenvalue weighted by molar-refractivity contribution is 5.88. The Morgan fingerprint density at radius 2 is 2.38 bits per heavy atom. The number of carbonyl (C=O) groups excluding carboxylic acids is 1. The minimum absolute atomic E-state index is 0.192. The van der Waals surface area contributed by atoms with Gasteiger partial charge in [-0.15, -0.1) is 0 Å². The van der Waals surface area contributed by atoms with Crippen LogP contribution in [0.15, 0.2) is 23.1 Å². The summed E-state index contributed by atoms with van der Waals surface area (Å²) in [6.45, 7) is 1.41. The largest absolute Gasteiger partial charge is 0.470 e. The van der Waals surface area contributed by atoms with E-state index in [0.29, 0.717) is 11.5 Å². The standard InChI is InChI=1S/C8H7N3O2/c1-5(12)10-8-9-2-6-3-13-4-7(6)11-8/h2-4H,1H3,(H,10,11,12). The molecule has 13 heavy (non-hydrogen) atoms. The summed E-state index contributed by atoms with van der Waals surface area (Å²) in [5.74, 6) is 0.101. The second kappa shape index (κ2) is 2.85. The fraction of sp³-hybridized carbons (Fsp3) is 0.125. The van der Waals surface area contributed by atoms with Crippen LogP contribution >= 0.6 is 0 Å². The molecule has 0 aromatic carbocycles. The molecule has 0 fully saturated rings. The molecular weight excluding hydrogens is 170 g/mol. The van der Waals surface area contributed by atoms with Gasteiger partial charge in [0.15, 0.2) is 0 Å². The summed E-state index contributed by atoms with van der Waals surface area (Å²) in [5, 5.41) is 3.30. The van der Waals surface area contributed by atoms with E-state index in [2.05, 4.69) is 15.3 Å². The summed E-state index contributed by atoms with van der Waals surface area (Å²) in [7, 11) is 0. The molecule has 0 radical (unpaired) electrons. The quantitative estimate of drug-likeness (QED) is 0.710. The SMILES string of the molecule is CC(=O)Nc1ncc2cocc2n1. The lowest BCUT2D eigenvalue weighted by Gasteiger charge is -1.97. The number of fused-ring (bicyclic) bond motifs is 1. The van der Waals surface area contributed by atoms with Gasteiger partial charge in [0.1, 0.15) is 18.0 Å². The third kappa shape index (κ3) is 1.48. The van der Waals surface area contributed by atoms with Crippen LogP contribution in [0.3, 0.4) is 0 Å². The lowest BCUT2D eigenvalue weighted by Crippen LogP contribution is -2.08. The molecule has 66 valence electrons. The zero-order valence-corrected chi connectivity index (χ0v) is 6.94. The number of rotatable bonds is 1. The number of hydrogen-bond acceptors (Lipinski definition) is 4. The number of carbonyl (C=O) groups is 1. The van der Waals surface area contributed by atoms with Gasteiger partial charge in [0.25, 0.3) is 0 Å². The van der Waals surface area contributed by atoms with E-state index in [4.69, 9.17) is 4.42 Å². The normalized spacial score (nSPS) is 10.2. The van der Waals surface area contributed by atoms with Crippen LogP contribution in [-0.4, -0.2) is 15.9 Å². The van der Waals surface area contributed by atoms with Gasteiger partial charge in [-0.05, 0) is 0 Å². The van der Waals surface area contributed by atoms with E-state index >= 15 is 0 Å². The van der Waals surface area contributed by atoms with Crippen molar-refractivity contribution in [1.29, 1.82) is 0 Å². The maximum atomic E-state index is 10.7. The Hall–Kier alpha value is -1.91. The molecule has 0 bridgehead atoms. The average molecular weight is 177 g/mol. The van der Waals surface area contributed by atoms with E-state index in [-0.39, 0.29) is 5.91 Å². The molecule has 0 aliphatic rings. The smallest absolute Gasteiger partial charge is 0.230 e. The number of anilines is 1. The van der Waals surface area contributed by atoms with Crippen molar-refractivity contribution in [3.8, 4) is 0 Å². The van der Waals surface area contributed by atoms with Crippen LogP contribution in [0.5, 0.6) is 0 Å². The lowest BCUT2D eigenvalue weighted by atomic mass is 10.4. The number of nitrogens with one attached hydrogen (secondary N) is 1. The molecule has 1 N–H and O–H groups in total. The number of amides is 1. The Bertz CT molecular complexity index is 449. The molecule has 0 saturated carbocycles. The number of hydrogen-bond donors (Lipinski definition) is 1. The van der Waals surface area contributed by atoms with E-state index in [0.717, 1.165) is 5.39 Å². The molecule has 1 amide bonds. The van der Waals surface area contributed by atoms with Crippen molar-refractivity contribution in [3.63, 3.8) is 0 Å². The zero-order chi connectivity index (χ0) is 9.26. The summed E-state index contributed by atoms with van der Waals surface area (Å²) in [4.78, 5) is 18.6. The van der Waals surface area contributed by atoms with Crippen LogP contribution in [0, 0.1) is 0 Å². The minimum Gasteiger partial charge on any atom is -0.470 e. The molecule has 0 aliphatic carbocycles. The second-order valence-corrected chi connectivity index (χ2v) is 2.59. The number of nitrogens with zero attached hydrogens (tertiary/aromatic N) is 2. The molecule has 2 aromatic rings. The molecular formula is C8H7N3O2. The van der Waals surface area contributed by atoms with Gasteiger partial charge in [-0.25, -0.2) is 9.97 Å². The molecule has 2 rings (SSSR count). The monoisotopic (exact) mass is 177 g/mol. The van der Waals surface area contributed by atoms with Gasteiger partial charge in [0.05, 0.1) is 5.39 Å². The summed E-state index contributed by atoms with van der Waals surface area (Å²) in [6, 6.07) is 0. The lowest BCUT2D eigenvalue weighted by molar-refractivity contribution is -0.114. The molecule has 2 heterocycles. The third-order valence-corrected chi connectivity index (χ3v) is 1.51. The van der Waals surface area contributed by atoms with E-state index in [1.54, 1.807) is 12.5 Å². The predicted molar refractivity (Wildman–Crippen MR) is 46.1 cm³/mol. The minimum atomic E-state index is -0.192. The Morgan fingerprint density at radius 1 is 1.54 bits per heavy atom. The molecule has 0 atom stereocenters.